The Balaban J connectivity index is 2.69. The number of methoxy groups -OCH3 is 2. The summed E-state index contributed by atoms with van der Waals surface area (Å²) in [5.41, 5.74) is 0.800. The van der Waals surface area contributed by atoms with Crippen molar-refractivity contribution in [1.82, 2.24) is 10.6 Å². The molecule has 0 aromatic heterocycles. The molecule has 6 heteroatoms. The van der Waals surface area contributed by atoms with Crippen LogP contribution in [-0.4, -0.2) is 39.0 Å². The molecule has 0 fully saturated rings. The highest BCUT2D eigenvalue weighted by Crippen LogP contribution is 2.22. The third kappa shape index (κ3) is 5.04. The molecule has 0 aliphatic heterocycles. The number of carbonyl (C=O) groups is 2. The predicted molar refractivity (Wildman–Crippen MR) is 84.2 cm³/mol. The van der Waals surface area contributed by atoms with E-state index in [1.54, 1.807) is 39.5 Å². The van der Waals surface area contributed by atoms with Crippen molar-refractivity contribution in [3.63, 3.8) is 0 Å². The fourth-order valence-electron chi connectivity index (χ4n) is 2.09. The summed E-state index contributed by atoms with van der Waals surface area (Å²) in [7, 11) is 4.80. The molecule has 1 unspecified atom stereocenters. The van der Waals surface area contributed by atoms with Gasteiger partial charge in [0.15, 0.2) is 0 Å². The van der Waals surface area contributed by atoms with Gasteiger partial charge < -0.3 is 20.1 Å². The highest BCUT2D eigenvalue weighted by Gasteiger charge is 2.22. The minimum Gasteiger partial charge on any atom is -0.497 e. The lowest BCUT2D eigenvalue weighted by atomic mass is 10.1. The molecule has 122 valence electrons. The standard InChI is InChI=1S/C16H24N2O4/c1-5-6-14(17-2)15(19)16(20)18-10-11-7-12(21-3)9-13(8-11)22-4/h7-9,14,17H,5-6,10H2,1-4H3,(H,18,20). The minimum atomic E-state index is -0.588. The highest BCUT2D eigenvalue weighted by molar-refractivity contribution is 6.38. The number of hydrogen-bond donors (Lipinski definition) is 2. The van der Waals surface area contributed by atoms with Crippen molar-refractivity contribution < 1.29 is 19.1 Å². The first-order chi connectivity index (χ1) is 10.5. The Kier molecular flexibility index (Phi) is 7.39. The van der Waals surface area contributed by atoms with Crippen LogP contribution in [0.3, 0.4) is 0 Å². The SMILES string of the molecule is CCCC(NC)C(=O)C(=O)NCc1cc(OC)cc(OC)c1. The monoisotopic (exact) mass is 308 g/mol. The molecule has 0 heterocycles. The van der Waals surface area contributed by atoms with E-state index in [9.17, 15) is 9.59 Å². The Hall–Kier alpha value is -2.08. The first kappa shape index (κ1) is 18.0. The number of nitrogens with one attached hydrogen (secondary N) is 2. The molecule has 0 aliphatic rings. The third-order valence-corrected chi connectivity index (χ3v) is 3.33. The van der Waals surface area contributed by atoms with E-state index in [0.29, 0.717) is 17.9 Å². The van der Waals surface area contributed by atoms with E-state index >= 15 is 0 Å². The van der Waals surface area contributed by atoms with Gasteiger partial charge in [-0.25, -0.2) is 0 Å². The summed E-state index contributed by atoms with van der Waals surface area (Å²) in [4.78, 5) is 23.9. The topological polar surface area (TPSA) is 76.7 Å². The average molecular weight is 308 g/mol. The molecule has 0 saturated carbocycles. The zero-order valence-corrected chi connectivity index (χ0v) is 13.6. The molecule has 0 spiro atoms. The second-order valence-corrected chi connectivity index (χ2v) is 4.90. The normalized spacial score (nSPS) is 11.6. The number of benzene rings is 1. The van der Waals surface area contributed by atoms with E-state index in [2.05, 4.69) is 10.6 Å². The Bertz CT molecular complexity index is 495. The van der Waals surface area contributed by atoms with Gasteiger partial charge in [-0.05, 0) is 31.2 Å². The third-order valence-electron chi connectivity index (χ3n) is 3.33. The maximum atomic E-state index is 12.0. The van der Waals surface area contributed by atoms with Gasteiger partial charge in [-0.15, -0.1) is 0 Å². The lowest BCUT2D eigenvalue weighted by molar-refractivity contribution is -0.139. The molecule has 0 aliphatic carbocycles. The lowest BCUT2D eigenvalue weighted by Gasteiger charge is -2.14. The van der Waals surface area contributed by atoms with Crippen LogP contribution >= 0.6 is 0 Å². The summed E-state index contributed by atoms with van der Waals surface area (Å²) < 4.78 is 10.3. The molecule has 22 heavy (non-hydrogen) atoms. The number of ketones is 1. The van der Waals surface area contributed by atoms with Gasteiger partial charge in [-0.3, -0.25) is 9.59 Å². The second kappa shape index (κ2) is 9.04. The fourth-order valence-corrected chi connectivity index (χ4v) is 2.09. The van der Waals surface area contributed by atoms with Gasteiger partial charge in [0.25, 0.3) is 5.91 Å². The molecule has 1 atom stereocenters. The van der Waals surface area contributed by atoms with Gasteiger partial charge in [0.05, 0.1) is 20.3 Å². The van der Waals surface area contributed by atoms with Crippen LogP contribution < -0.4 is 20.1 Å². The molecule has 1 amide bonds. The first-order valence-corrected chi connectivity index (χ1v) is 7.26. The van der Waals surface area contributed by atoms with Gasteiger partial charge in [-0.2, -0.15) is 0 Å². The Morgan fingerprint density at radius 2 is 1.73 bits per heavy atom. The molecule has 1 aromatic rings. The quantitative estimate of drug-likeness (QED) is 0.672. The number of likely N-dealkylation sites (N-methyl/N-ethyl adjacent to an activating group) is 1. The van der Waals surface area contributed by atoms with Crippen molar-refractivity contribution in [2.75, 3.05) is 21.3 Å². The zero-order valence-electron chi connectivity index (χ0n) is 13.6. The van der Waals surface area contributed by atoms with Crippen molar-refractivity contribution in [3.05, 3.63) is 23.8 Å². The maximum absolute atomic E-state index is 12.0. The van der Waals surface area contributed by atoms with Gasteiger partial charge in [0.1, 0.15) is 11.5 Å². The van der Waals surface area contributed by atoms with E-state index in [1.165, 1.54) is 0 Å². The largest absolute Gasteiger partial charge is 0.497 e. The summed E-state index contributed by atoms with van der Waals surface area (Å²) in [6, 6.07) is 4.88. The second-order valence-electron chi connectivity index (χ2n) is 4.90. The summed E-state index contributed by atoms with van der Waals surface area (Å²) in [6.45, 7) is 2.21. The number of hydrogen-bond acceptors (Lipinski definition) is 5. The average Bonchev–Trinajstić information content (AvgIpc) is 2.56. The van der Waals surface area contributed by atoms with Crippen LogP contribution in [0.1, 0.15) is 25.3 Å². The lowest BCUT2D eigenvalue weighted by Crippen LogP contribution is -2.43. The van der Waals surface area contributed by atoms with Crippen molar-refractivity contribution >= 4 is 11.7 Å². The van der Waals surface area contributed by atoms with E-state index in [1.807, 2.05) is 6.92 Å². The predicted octanol–water partition coefficient (Wildman–Crippen LogP) is 1.28. The Morgan fingerprint density at radius 1 is 1.14 bits per heavy atom. The van der Waals surface area contributed by atoms with Crippen molar-refractivity contribution in [1.29, 1.82) is 0 Å². The Morgan fingerprint density at radius 3 is 2.18 bits per heavy atom. The van der Waals surface area contributed by atoms with Gasteiger partial charge >= 0.3 is 0 Å². The van der Waals surface area contributed by atoms with E-state index in [4.69, 9.17) is 9.47 Å². The van der Waals surface area contributed by atoms with Gasteiger partial charge in [0.2, 0.25) is 5.78 Å². The van der Waals surface area contributed by atoms with Crippen LogP contribution in [-0.2, 0) is 16.1 Å². The van der Waals surface area contributed by atoms with Gasteiger partial charge in [0, 0.05) is 12.6 Å². The summed E-state index contributed by atoms with van der Waals surface area (Å²) in [6.07, 6.45) is 1.47. The number of Topliss-reactive ketones (excluding diaryl/α,β-unsaturated/α-hetero) is 1. The van der Waals surface area contributed by atoms with Crippen LogP contribution in [0.15, 0.2) is 18.2 Å². The van der Waals surface area contributed by atoms with Crippen LogP contribution in [0.4, 0.5) is 0 Å². The smallest absolute Gasteiger partial charge is 0.289 e. The van der Waals surface area contributed by atoms with Gasteiger partial charge in [-0.1, -0.05) is 13.3 Å². The molecule has 2 N–H and O–H groups in total. The summed E-state index contributed by atoms with van der Waals surface area (Å²) >= 11 is 0. The highest BCUT2D eigenvalue weighted by atomic mass is 16.5. The van der Waals surface area contributed by atoms with Crippen LogP contribution in [0, 0.1) is 0 Å². The molecule has 0 radical (unpaired) electrons. The molecule has 0 saturated heterocycles. The Labute approximate surface area is 131 Å². The molecular formula is C16H24N2O4. The number of ether oxygens (including phenoxy) is 2. The van der Waals surface area contributed by atoms with E-state index < -0.39 is 17.7 Å². The van der Waals surface area contributed by atoms with Crippen LogP contribution in [0.25, 0.3) is 0 Å². The summed E-state index contributed by atoms with van der Waals surface area (Å²) in [5, 5.41) is 5.50. The number of rotatable bonds is 9. The van der Waals surface area contributed by atoms with E-state index in [-0.39, 0.29) is 6.54 Å². The number of amides is 1. The molecule has 6 nitrogen and oxygen atoms in total. The zero-order chi connectivity index (χ0) is 16.5. The van der Waals surface area contributed by atoms with E-state index in [0.717, 1.165) is 12.0 Å². The molecule has 1 rings (SSSR count). The van der Waals surface area contributed by atoms with Crippen molar-refractivity contribution in [3.8, 4) is 11.5 Å². The van der Waals surface area contributed by atoms with Crippen LogP contribution in [0.2, 0.25) is 0 Å². The van der Waals surface area contributed by atoms with Crippen molar-refractivity contribution in [2.24, 2.45) is 0 Å². The molecule has 0 bridgehead atoms. The minimum absolute atomic E-state index is 0.237. The van der Waals surface area contributed by atoms with Crippen molar-refractivity contribution in [2.45, 2.75) is 32.4 Å². The first-order valence-electron chi connectivity index (χ1n) is 7.26. The maximum Gasteiger partial charge on any atom is 0.289 e. The van der Waals surface area contributed by atoms with Crippen LogP contribution in [0.5, 0.6) is 11.5 Å². The summed E-state index contributed by atoms with van der Waals surface area (Å²) in [5.74, 6) is 0.233. The molecular weight excluding hydrogens is 284 g/mol. The number of carbonyl (C=O) groups excluding carboxylic acids is 2. The fraction of sp³-hybridized carbons (Fsp3) is 0.500. The molecule has 1 aromatic carbocycles.